The summed E-state index contributed by atoms with van der Waals surface area (Å²) in [5.74, 6) is -0.166. The Morgan fingerprint density at radius 1 is 1.19 bits per heavy atom. The number of benzene rings is 1. The van der Waals surface area contributed by atoms with Gasteiger partial charge >= 0.3 is 0 Å². The van der Waals surface area contributed by atoms with E-state index < -0.39 is 10.0 Å². The van der Waals surface area contributed by atoms with Crippen LogP contribution in [0.2, 0.25) is 0 Å². The Labute approximate surface area is 151 Å². The summed E-state index contributed by atoms with van der Waals surface area (Å²) in [5, 5.41) is 6.87. The summed E-state index contributed by atoms with van der Waals surface area (Å²) >= 11 is 0. The molecule has 0 spiro atoms. The number of fused-ring (bicyclic) bond motifs is 1. The largest absolute Gasteiger partial charge is 0.378 e. The van der Waals surface area contributed by atoms with Crippen molar-refractivity contribution >= 4 is 15.9 Å². The molecule has 1 fully saturated rings. The van der Waals surface area contributed by atoms with E-state index in [1.165, 1.54) is 16.4 Å². The van der Waals surface area contributed by atoms with Crippen LogP contribution in [0.3, 0.4) is 0 Å². The number of amides is 1. The van der Waals surface area contributed by atoms with Gasteiger partial charge in [0, 0.05) is 49.4 Å². The average Bonchev–Trinajstić information content (AvgIpc) is 3.16. The number of aromatic nitrogens is 2. The second kappa shape index (κ2) is 6.82. The quantitative estimate of drug-likeness (QED) is 0.848. The fourth-order valence-corrected chi connectivity index (χ4v) is 4.75. The van der Waals surface area contributed by atoms with Gasteiger partial charge in [-0.2, -0.15) is 9.40 Å². The Kier molecular flexibility index (Phi) is 4.51. The molecule has 0 saturated carbocycles. The van der Waals surface area contributed by atoms with Crippen LogP contribution in [0.1, 0.15) is 21.6 Å². The van der Waals surface area contributed by atoms with Crippen molar-refractivity contribution in [1.29, 1.82) is 0 Å². The molecule has 3 heterocycles. The molecule has 1 saturated heterocycles. The standard InChI is InChI=1S/C17H20N4O4S/c22-17(20-6-8-25-9-7-20)13-2-1-3-15(10-13)26(23,24)21-5-4-16-14(12-21)11-18-19-16/h1-3,10-11H,4-9,12H2,(H,18,19). The van der Waals surface area contributed by atoms with E-state index in [9.17, 15) is 13.2 Å². The molecule has 0 bridgehead atoms. The van der Waals surface area contributed by atoms with E-state index in [-0.39, 0.29) is 17.3 Å². The zero-order chi connectivity index (χ0) is 18.1. The summed E-state index contributed by atoms with van der Waals surface area (Å²) in [5.41, 5.74) is 2.25. The Morgan fingerprint density at radius 3 is 2.81 bits per heavy atom. The van der Waals surface area contributed by atoms with Crippen molar-refractivity contribution in [2.24, 2.45) is 0 Å². The van der Waals surface area contributed by atoms with Crippen molar-refractivity contribution < 1.29 is 17.9 Å². The van der Waals surface area contributed by atoms with Gasteiger partial charge in [-0.05, 0) is 18.2 Å². The number of nitrogens with zero attached hydrogens (tertiary/aromatic N) is 3. The number of rotatable bonds is 3. The Balaban J connectivity index is 1.58. The molecule has 0 atom stereocenters. The molecule has 1 N–H and O–H groups in total. The second-order valence-electron chi connectivity index (χ2n) is 6.39. The van der Waals surface area contributed by atoms with Gasteiger partial charge in [0.25, 0.3) is 5.91 Å². The average molecular weight is 376 g/mol. The summed E-state index contributed by atoms with van der Waals surface area (Å²) < 4.78 is 32.7. The first-order valence-corrected chi connectivity index (χ1v) is 9.98. The van der Waals surface area contributed by atoms with Gasteiger partial charge in [0.1, 0.15) is 0 Å². The third kappa shape index (κ3) is 3.13. The lowest BCUT2D eigenvalue weighted by molar-refractivity contribution is 0.0302. The molecule has 1 aromatic heterocycles. The van der Waals surface area contributed by atoms with Crippen molar-refractivity contribution in [3.05, 3.63) is 47.3 Å². The molecule has 2 aliphatic heterocycles. The molecule has 26 heavy (non-hydrogen) atoms. The zero-order valence-corrected chi connectivity index (χ0v) is 15.0. The third-order valence-electron chi connectivity index (χ3n) is 4.78. The van der Waals surface area contributed by atoms with Gasteiger partial charge in [0.05, 0.1) is 24.3 Å². The SMILES string of the molecule is O=C(c1cccc(S(=O)(=O)N2CCc3[nH]ncc3C2)c1)N1CCOCC1. The molecule has 2 aliphatic rings. The second-order valence-corrected chi connectivity index (χ2v) is 8.33. The summed E-state index contributed by atoms with van der Waals surface area (Å²) in [4.78, 5) is 14.5. The smallest absolute Gasteiger partial charge is 0.254 e. The lowest BCUT2D eigenvalue weighted by Gasteiger charge is -2.28. The van der Waals surface area contributed by atoms with Crippen molar-refractivity contribution in [3.63, 3.8) is 0 Å². The minimum absolute atomic E-state index is 0.142. The van der Waals surface area contributed by atoms with Crippen LogP contribution in [0.5, 0.6) is 0 Å². The van der Waals surface area contributed by atoms with Crippen LogP contribution in [0, 0.1) is 0 Å². The molecule has 1 aromatic carbocycles. The van der Waals surface area contributed by atoms with E-state index in [1.54, 1.807) is 23.2 Å². The van der Waals surface area contributed by atoms with Crippen LogP contribution in [0.4, 0.5) is 0 Å². The molecule has 0 unspecified atom stereocenters. The number of carbonyl (C=O) groups is 1. The van der Waals surface area contributed by atoms with E-state index in [0.29, 0.717) is 44.8 Å². The number of hydrogen-bond donors (Lipinski definition) is 1. The molecule has 8 nitrogen and oxygen atoms in total. The molecular formula is C17H20N4O4S. The van der Waals surface area contributed by atoms with Gasteiger partial charge in [-0.1, -0.05) is 6.07 Å². The van der Waals surface area contributed by atoms with Gasteiger partial charge in [0.15, 0.2) is 0 Å². The highest BCUT2D eigenvalue weighted by atomic mass is 32.2. The topological polar surface area (TPSA) is 95.6 Å². The van der Waals surface area contributed by atoms with Crippen LogP contribution >= 0.6 is 0 Å². The summed E-state index contributed by atoms with van der Waals surface area (Å²) in [6, 6.07) is 6.28. The van der Waals surface area contributed by atoms with Crippen LogP contribution in [0.25, 0.3) is 0 Å². The Bertz CT molecular complexity index is 918. The Morgan fingerprint density at radius 2 is 2.00 bits per heavy atom. The highest BCUT2D eigenvalue weighted by Crippen LogP contribution is 2.24. The number of nitrogens with one attached hydrogen (secondary N) is 1. The van der Waals surface area contributed by atoms with Crippen molar-refractivity contribution in [1.82, 2.24) is 19.4 Å². The number of aromatic amines is 1. The van der Waals surface area contributed by atoms with Crippen LogP contribution in [0.15, 0.2) is 35.4 Å². The number of sulfonamides is 1. The first-order valence-electron chi connectivity index (χ1n) is 8.54. The van der Waals surface area contributed by atoms with Gasteiger partial charge in [0.2, 0.25) is 10.0 Å². The fourth-order valence-electron chi connectivity index (χ4n) is 3.29. The first kappa shape index (κ1) is 17.2. The minimum Gasteiger partial charge on any atom is -0.378 e. The van der Waals surface area contributed by atoms with Crippen LogP contribution < -0.4 is 0 Å². The van der Waals surface area contributed by atoms with Crippen LogP contribution in [-0.2, 0) is 27.7 Å². The molecule has 4 rings (SSSR count). The number of carbonyl (C=O) groups excluding carboxylic acids is 1. The normalized spacial score (nSPS) is 18.5. The third-order valence-corrected chi connectivity index (χ3v) is 6.62. The predicted molar refractivity (Wildman–Crippen MR) is 93.1 cm³/mol. The van der Waals surface area contributed by atoms with Crippen molar-refractivity contribution in [2.45, 2.75) is 17.9 Å². The summed E-state index contributed by atoms with van der Waals surface area (Å²) in [7, 11) is -3.67. The highest BCUT2D eigenvalue weighted by molar-refractivity contribution is 7.89. The van der Waals surface area contributed by atoms with E-state index in [4.69, 9.17) is 4.74 Å². The lowest BCUT2D eigenvalue weighted by atomic mass is 10.1. The van der Waals surface area contributed by atoms with Gasteiger partial charge < -0.3 is 9.64 Å². The van der Waals surface area contributed by atoms with E-state index in [0.717, 1.165) is 11.3 Å². The number of hydrogen-bond acceptors (Lipinski definition) is 5. The molecule has 0 radical (unpaired) electrons. The van der Waals surface area contributed by atoms with Crippen molar-refractivity contribution in [2.75, 3.05) is 32.8 Å². The maximum absolute atomic E-state index is 13.0. The lowest BCUT2D eigenvalue weighted by Crippen LogP contribution is -2.40. The highest BCUT2D eigenvalue weighted by Gasteiger charge is 2.30. The fraction of sp³-hybridized carbons (Fsp3) is 0.412. The summed E-state index contributed by atoms with van der Waals surface area (Å²) in [6.45, 7) is 2.72. The van der Waals surface area contributed by atoms with E-state index in [2.05, 4.69) is 10.2 Å². The number of H-pyrrole nitrogens is 1. The Hall–Kier alpha value is -2.23. The monoisotopic (exact) mass is 376 g/mol. The molecule has 138 valence electrons. The molecular weight excluding hydrogens is 356 g/mol. The number of morpholine rings is 1. The number of ether oxygens (including phenoxy) is 1. The van der Waals surface area contributed by atoms with E-state index >= 15 is 0 Å². The predicted octanol–water partition coefficient (Wildman–Crippen LogP) is 0.629. The van der Waals surface area contributed by atoms with E-state index in [1.807, 2.05) is 0 Å². The molecule has 0 aliphatic carbocycles. The molecule has 2 aromatic rings. The van der Waals surface area contributed by atoms with Gasteiger partial charge in [-0.15, -0.1) is 0 Å². The maximum atomic E-state index is 13.0. The first-order chi connectivity index (χ1) is 12.6. The molecule has 9 heteroatoms. The summed E-state index contributed by atoms with van der Waals surface area (Å²) in [6.07, 6.45) is 2.26. The van der Waals surface area contributed by atoms with Gasteiger partial charge in [-0.25, -0.2) is 8.42 Å². The molecule has 1 amide bonds. The van der Waals surface area contributed by atoms with Crippen LogP contribution in [-0.4, -0.2) is 66.6 Å². The minimum atomic E-state index is -3.67. The van der Waals surface area contributed by atoms with Crippen molar-refractivity contribution in [3.8, 4) is 0 Å². The maximum Gasteiger partial charge on any atom is 0.254 e. The zero-order valence-electron chi connectivity index (χ0n) is 14.2. The van der Waals surface area contributed by atoms with Gasteiger partial charge in [-0.3, -0.25) is 9.89 Å².